The third kappa shape index (κ3) is 5.74. The second kappa shape index (κ2) is 9.41. The molecule has 2 aromatic rings. The quantitative estimate of drug-likeness (QED) is 0.488. The SMILES string of the molecule is O=C(OCc1ccccc1)N1CCCC(CNc2cc(I)cc(Cl)n2)C1. The van der Waals surface area contributed by atoms with Gasteiger partial charge in [0.1, 0.15) is 17.6 Å². The highest BCUT2D eigenvalue weighted by molar-refractivity contribution is 14.1. The Morgan fingerprint density at radius 3 is 2.92 bits per heavy atom. The lowest BCUT2D eigenvalue weighted by molar-refractivity contribution is 0.0804. The number of rotatable bonds is 5. The van der Waals surface area contributed by atoms with Gasteiger partial charge in [0.15, 0.2) is 0 Å². The molecular formula is C19H21ClIN3O2. The molecule has 5 nitrogen and oxygen atoms in total. The maximum absolute atomic E-state index is 12.3. The van der Waals surface area contributed by atoms with E-state index in [1.807, 2.05) is 42.5 Å². The highest BCUT2D eigenvalue weighted by atomic mass is 127. The van der Waals surface area contributed by atoms with Gasteiger partial charge in [-0.25, -0.2) is 9.78 Å². The number of likely N-dealkylation sites (tertiary alicyclic amines) is 1. The molecule has 1 aliphatic heterocycles. The summed E-state index contributed by atoms with van der Waals surface area (Å²) in [7, 11) is 0. The molecule has 1 aromatic carbocycles. The zero-order chi connectivity index (χ0) is 18.4. The molecule has 1 aliphatic rings. The summed E-state index contributed by atoms with van der Waals surface area (Å²) >= 11 is 8.21. The Morgan fingerprint density at radius 2 is 2.15 bits per heavy atom. The van der Waals surface area contributed by atoms with Crippen LogP contribution in [0.2, 0.25) is 5.15 Å². The molecule has 0 radical (unpaired) electrons. The van der Waals surface area contributed by atoms with Gasteiger partial charge in [-0.05, 0) is 59.0 Å². The zero-order valence-electron chi connectivity index (χ0n) is 14.3. The predicted molar refractivity (Wildman–Crippen MR) is 111 cm³/mol. The number of ether oxygens (including phenoxy) is 1. The second-order valence-corrected chi connectivity index (χ2v) is 8.00. The summed E-state index contributed by atoms with van der Waals surface area (Å²) in [5.41, 5.74) is 0.998. The van der Waals surface area contributed by atoms with E-state index in [-0.39, 0.29) is 6.09 Å². The van der Waals surface area contributed by atoms with Crippen molar-refractivity contribution in [2.24, 2.45) is 5.92 Å². The third-order valence-corrected chi connectivity index (χ3v) is 5.13. The number of carbonyl (C=O) groups is 1. The molecule has 7 heteroatoms. The normalized spacial score (nSPS) is 17.0. The average Bonchev–Trinajstić information content (AvgIpc) is 2.65. The number of benzene rings is 1. The van der Waals surface area contributed by atoms with Crippen LogP contribution in [0, 0.1) is 9.49 Å². The Bertz CT molecular complexity index is 725. The van der Waals surface area contributed by atoms with Gasteiger partial charge in [0.25, 0.3) is 0 Å². The lowest BCUT2D eigenvalue weighted by Crippen LogP contribution is -2.42. The number of aromatic nitrogens is 1. The van der Waals surface area contributed by atoms with Crippen molar-refractivity contribution < 1.29 is 9.53 Å². The first-order valence-corrected chi connectivity index (χ1v) is 10.1. The Kier molecular flexibility index (Phi) is 6.96. The molecule has 1 saturated heterocycles. The number of hydrogen-bond donors (Lipinski definition) is 1. The largest absolute Gasteiger partial charge is 0.445 e. The van der Waals surface area contributed by atoms with Gasteiger partial charge in [-0.3, -0.25) is 0 Å². The van der Waals surface area contributed by atoms with Crippen LogP contribution < -0.4 is 5.32 Å². The summed E-state index contributed by atoms with van der Waals surface area (Å²) in [6.45, 7) is 2.51. The Labute approximate surface area is 172 Å². The van der Waals surface area contributed by atoms with Crippen LogP contribution >= 0.6 is 34.2 Å². The molecule has 1 unspecified atom stereocenters. The fourth-order valence-electron chi connectivity index (χ4n) is 3.01. The van der Waals surface area contributed by atoms with Crippen molar-refractivity contribution in [3.8, 4) is 0 Å². The first kappa shape index (κ1) is 19.2. The van der Waals surface area contributed by atoms with Gasteiger partial charge in [0.2, 0.25) is 0 Å². The number of halogens is 2. The summed E-state index contributed by atoms with van der Waals surface area (Å²) < 4.78 is 6.49. The molecular weight excluding hydrogens is 465 g/mol. The monoisotopic (exact) mass is 485 g/mol. The van der Waals surface area contributed by atoms with Gasteiger partial charge >= 0.3 is 6.09 Å². The first-order chi connectivity index (χ1) is 12.6. The molecule has 0 bridgehead atoms. The number of amides is 1. The van der Waals surface area contributed by atoms with Gasteiger partial charge in [-0.2, -0.15) is 0 Å². The molecule has 0 spiro atoms. The highest BCUT2D eigenvalue weighted by Gasteiger charge is 2.24. The van der Waals surface area contributed by atoms with Crippen LogP contribution in [-0.4, -0.2) is 35.6 Å². The van der Waals surface area contributed by atoms with E-state index >= 15 is 0 Å². The van der Waals surface area contributed by atoms with Gasteiger partial charge < -0.3 is 15.0 Å². The molecule has 1 aromatic heterocycles. The van der Waals surface area contributed by atoms with E-state index in [0.717, 1.165) is 40.9 Å². The molecule has 2 heterocycles. The van der Waals surface area contributed by atoms with Gasteiger partial charge in [0.05, 0.1) is 0 Å². The fourth-order valence-corrected chi connectivity index (χ4v) is 4.00. The maximum atomic E-state index is 12.3. The minimum absolute atomic E-state index is 0.242. The lowest BCUT2D eigenvalue weighted by atomic mass is 9.98. The number of piperidine rings is 1. The average molecular weight is 486 g/mol. The van der Waals surface area contributed by atoms with Gasteiger partial charge in [-0.1, -0.05) is 41.9 Å². The molecule has 1 N–H and O–H groups in total. The van der Waals surface area contributed by atoms with E-state index in [1.165, 1.54) is 0 Å². The number of anilines is 1. The van der Waals surface area contributed by atoms with Gasteiger partial charge in [-0.15, -0.1) is 0 Å². The molecule has 138 valence electrons. The summed E-state index contributed by atoms with van der Waals surface area (Å²) in [4.78, 5) is 18.4. The van der Waals surface area contributed by atoms with Crippen LogP contribution in [-0.2, 0) is 11.3 Å². The zero-order valence-corrected chi connectivity index (χ0v) is 17.2. The number of nitrogens with one attached hydrogen (secondary N) is 1. The standard InChI is InChI=1S/C19H21ClIN3O2/c20-17-9-16(21)10-18(23-17)22-11-15-7-4-8-24(12-15)19(25)26-13-14-5-2-1-3-6-14/h1-3,5-6,9-10,15H,4,7-8,11-13H2,(H,22,23). The Morgan fingerprint density at radius 1 is 1.35 bits per heavy atom. The number of hydrogen-bond acceptors (Lipinski definition) is 4. The highest BCUT2D eigenvalue weighted by Crippen LogP contribution is 2.20. The predicted octanol–water partition coefficient (Wildman–Crippen LogP) is 4.80. The summed E-state index contributed by atoms with van der Waals surface area (Å²) in [6, 6.07) is 13.5. The van der Waals surface area contributed by atoms with E-state index in [1.54, 1.807) is 4.90 Å². The number of carbonyl (C=O) groups excluding carboxylic acids is 1. The molecule has 1 fully saturated rings. The van der Waals surface area contributed by atoms with Crippen molar-refractivity contribution in [1.82, 2.24) is 9.88 Å². The minimum Gasteiger partial charge on any atom is -0.445 e. The van der Waals surface area contributed by atoms with Crippen molar-refractivity contribution in [1.29, 1.82) is 0 Å². The van der Waals surface area contributed by atoms with Crippen LogP contribution in [0.4, 0.5) is 10.6 Å². The molecule has 26 heavy (non-hydrogen) atoms. The Hall–Kier alpha value is -1.54. The van der Waals surface area contributed by atoms with Crippen molar-refractivity contribution >= 4 is 46.1 Å². The van der Waals surface area contributed by atoms with Crippen LogP contribution in [0.1, 0.15) is 18.4 Å². The molecule has 0 saturated carbocycles. The number of nitrogens with zero attached hydrogens (tertiary/aromatic N) is 2. The lowest BCUT2D eigenvalue weighted by Gasteiger charge is -2.32. The topological polar surface area (TPSA) is 54.5 Å². The maximum Gasteiger partial charge on any atom is 0.410 e. The van der Waals surface area contributed by atoms with Crippen LogP contribution in [0.25, 0.3) is 0 Å². The smallest absolute Gasteiger partial charge is 0.410 e. The summed E-state index contributed by atoms with van der Waals surface area (Å²) in [5.74, 6) is 1.14. The molecule has 1 amide bonds. The van der Waals surface area contributed by atoms with Crippen LogP contribution in [0.15, 0.2) is 42.5 Å². The second-order valence-electron chi connectivity index (χ2n) is 6.37. The fraction of sp³-hybridized carbons (Fsp3) is 0.368. The van der Waals surface area contributed by atoms with Crippen molar-refractivity contribution in [3.63, 3.8) is 0 Å². The van der Waals surface area contributed by atoms with Crippen LogP contribution in [0.3, 0.4) is 0 Å². The summed E-state index contributed by atoms with van der Waals surface area (Å²) in [5, 5.41) is 3.81. The first-order valence-electron chi connectivity index (χ1n) is 8.63. The molecule has 1 atom stereocenters. The Balaban J connectivity index is 1.48. The van der Waals surface area contributed by atoms with E-state index in [0.29, 0.717) is 24.2 Å². The van der Waals surface area contributed by atoms with Crippen LogP contribution in [0.5, 0.6) is 0 Å². The van der Waals surface area contributed by atoms with Crippen molar-refractivity contribution in [2.45, 2.75) is 19.4 Å². The summed E-state index contributed by atoms with van der Waals surface area (Å²) in [6.07, 6.45) is 1.81. The van der Waals surface area contributed by atoms with E-state index in [4.69, 9.17) is 16.3 Å². The molecule has 0 aliphatic carbocycles. The minimum atomic E-state index is -0.242. The van der Waals surface area contributed by atoms with Gasteiger partial charge in [0, 0.05) is 23.2 Å². The van der Waals surface area contributed by atoms with Crippen molar-refractivity contribution in [2.75, 3.05) is 25.0 Å². The van der Waals surface area contributed by atoms with E-state index in [9.17, 15) is 4.79 Å². The van der Waals surface area contributed by atoms with Crippen molar-refractivity contribution in [3.05, 3.63) is 56.8 Å². The van der Waals surface area contributed by atoms with E-state index in [2.05, 4.69) is 32.9 Å². The number of pyridine rings is 1. The molecule has 3 rings (SSSR count). The van der Waals surface area contributed by atoms with E-state index < -0.39 is 0 Å². The third-order valence-electron chi connectivity index (χ3n) is 4.31.